The molecule has 0 spiro atoms. The van der Waals surface area contributed by atoms with Crippen molar-refractivity contribution >= 4 is 33.0 Å². The zero-order valence-corrected chi connectivity index (χ0v) is 25.4. The minimum atomic E-state index is -4.20. The summed E-state index contributed by atoms with van der Waals surface area (Å²) >= 11 is 6.42. The first-order chi connectivity index (χ1) is 20.8. The minimum absolute atomic E-state index is 0.103. The van der Waals surface area contributed by atoms with Crippen molar-refractivity contribution in [2.24, 2.45) is 17.8 Å². The van der Waals surface area contributed by atoms with Crippen molar-refractivity contribution in [1.29, 1.82) is 0 Å². The highest BCUT2D eigenvalue weighted by atomic mass is 35.5. The van der Waals surface area contributed by atoms with E-state index in [-0.39, 0.29) is 39.4 Å². The maximum atomic E-state index is 14.4. The summed E-state index contributed by atoms with van der Waals surface area (Å²) in [5.74, 6) is -6.71. The summed E-state index contributed by atoms with van der Waals surface area (Å²) in [5.41, 5.74) is -0.156. The monoisotopic (exact) mass is 646 g/mol. The second kappa shape index (κ2) is 11.2. The molecule has 7 nitrogen and oxygen atoms in total. The van der Waals surface area contributed by atoms with E-state index in [0.717, 1.165) is 17.2 Å². The van der Waals surface area contributed by atoms with Gasteiger partial charge in [-0.2, -0.15) is 0 Å². The molecule has 0 radical (unpaired) electrons. The van der Waals surface area contributed by atoms with Crippen molar-refractivity contribution in [2.75, 3.05) is 5.32 Å². The van der Waals surface area contributed by atoms with Gasteiger partial charge in [0.15, 0.2) is 27.3 Å². The van der Waals surface area contributed by atoms with Crippen LogP contribution in [0.2, 0.25) is 5.02 Å². The second-order valence-corrected chi connectivity index (χ2v) is 14.5. The smallest absolute Gasteiger partial charge is 0.255 e. The Morgan fingerprint density at radius 2 is 1.80 bits per heavy atom. The number of hydrogen-bond donors (Lipinski definition) is 2. The molecule has 2 fully saturated rings. The van der Waals surface area contributed by atoms with Gasteiger partial charge in [-0.3, -0.25) is 4.79 Å². The molecule has 1 heterocycles. The highest BCUT2D eigenvalue weighted by molar-refractivity contribution is 7.92. The zero-order valence-electron chi connectivity index (χ0n) is 23.8. The number of fused-ring (bicyclic) bond motifs is 2. The lowest BCUT2D eigenvalue weighted by atomic mass is 9.72. The number of hydrogen-bond acceptors (Lipinski definition) is 6. The Bertz CT molecular complexity index is 1750. The number of hydroxylamine groups is 2. The SMILES string of the molecule is CC1=CON(Cc2ccccc2)C1[C@@]1(O)CC2C[C@H](C)C1[C@@H]2S(=O)(=O)c1cc(C(=O)Nc2cc(F)c(F)c(F)c2)ccc1Cl. The lowest BCUT2D eigenvalue weighted by molar-refractivity contribution is -0.182. The topological polar surface area (TPSA) is 95.9 Å². The molecule has 0 saturated heterocycles. The molecule has 2 aliphatic carbocycles. The lowest BCUT2D eigenvalue weighted by Gasteiger charge is -2.43. The molecule has 3 aromatic rings. The van der Waals surface area contributed by atoms with Gasteiger partial charge >= 0.3 is 0 Å². The van der Waals surface area contributed by atoms with Crippen LogP contribution in [0.25, 0.3) is 0 Å². The van der Waals surface area contributed by atoms with Crippen LogP contribution >= 0.6 is 11.6 Å². The molecule has 3 unspecified atom stereocenters. The van der Waals surface area contributed by atoms with Crippen LogP contribution in [0, 0.1) is 35.2 Å². The van der Waals surface area contributed by atoms with Crippen LogP contribution < -0.4 is 5.32 Å². The Labute approximate surface area is 258 Å². The predicted molar refractivity (Wildman–Crippen MR) is 158 cm³/mol. The Kier molecular flexibility index (Phi) is 7.80. The van der Waals surface area contributed by atoms with Crippen molar-refractivity contribution in [3.05, 3.63) is 106 Å². The fourth-order valence-corrected chi connectivity index (χ4v) is 10.5. The van der Waals surface area contributed by atoms with Crippen LogP contribution in [0.3, 0.4) is 0 Å². The highest BCUT2D eigenvalue weighted by Gasteiger charge is 2.68. The minimum Gasteiger partial charge on any atom is -0.413 e. The zero-order chi connectivity index (χ0) is 31.6. The first-order valence-electron chi connectivity index (χ1n) is 14.2. The van der Waals surface area contributed by atoms with Gasteiger partial charge in [-0.1, -0.05) is 48.9 Å². The van der Waals surface area contributed by atoms with Crippen molar-refractivity contribution in [3.8, 4) is 0 Å². The number of nitrogens with zero attached hydrogens (tertiary/aromatic N) is 1. The molecule has 44 heavy (non-hydrogen) atoms. The van der Waals surface area contributed by atoms with Crippen molar-refractivity contribution in [2.45, 2.75) is 55.0 Å². The first kappa shape index (κ1) is 30.6. The van der Waals surface area contributed by atoms with Crippen molar-refractivity contribution < 1.29 is 36.3 Å². The molecule has 3 aromatic carbocycles. The van der Waals surface area contributed by atoms with Crippen LogP contribution in [0.15, 0.2) is 77.4 Å². The van der Waals surface area contributed by atoms with Gasteiger partial charge in [0.1, 0.15) is 6.26 Å². The van der Waals surface area contributed by atoms with Crippen LogP contribution in [0.4, 0.5) is 18.9 Å². The van der Waals surface area contributed by atoms with Gasteiger partial charge in [0.05, 0.1) is 33.4 Å². The molecule has 6 atom stereocenters. The van der Waals surface area contributed by atoms with Gasteiger partial charge in [0, 0.05) is 29.3 Å². The predicted octanol–water partition coefficient (Wildman–Crippen LogP) is 6.28. The summed E-state index contributed by atoms with van der Waals surface area (Å²) < 4.78 is 69.4. The van der Waals surface area contributed by atoms with E-state index in [0.29, 0.717) is 25.1 Å². The third-order valence-corrected chi connectivity index (χ3v) is 11.9. The summed E-state index contributed by atoms with van der Waals surface area (Å²) in [6.07, 6.45) is 2.41. The molecule has 3 aliphatic rings. The van der Waals surface area contributed by atoms with E-state index in [4.69, 9.17) is 16.4 Å². The number of carbonyl (C=O) groups is 1. The number of nitrogens with one attached hydrogen (secondary N) is 1. The summed E-state index contributed by atoms with van der Waals surface area (Å²) in [6.45, 7) is 4.17. The molecule has 232 valence electrons. The van der Waals surface area contributed by atoms with E-state index < -0.39 is 56.0 Å². The van der Waals surface area contributed by atoms with Gasteiger partial charge in [-0.25, -0.2) is 21.6 Å². The third kappa shape index (κ3) is 5.09. The van der Waals surface area contributed by atoms with Gasteiger partial charge in [0.25, 0.3) is 5.91 Å². The summed E-state index contributed by atoms with van der Waals surface area (Å²) in [4.78, 5) is 18.6. The average Bonchev–Trinajstić information content (AvgIpc) is 3.61. The summed E-state index contributed by atoms with van der Waals surface area (Å²) in [5, 5.41) is 15.3. The number of carbonyl (C=O) groups excluding carboxylic acids is 1. The van der Waals surface area contributed by atoms with E-state index in [1.807, 2.05) is 44.2 Å². The van der Waals surface area contributed by atoms with E-state index in [1.54, 1.807) is 11.3 Å². The molecular weight excluding hydrogens is 617 g/mol. The molecule has 12 heteroatoms. The molecule has 2 N–H and O–H groups in total. The second-order valence-electron chi connectivity index (χ2n) is 12.0. The number of sulfone groups is 1. The molecule has 0 aromatic heterocycles. The Morgan fingerprint density at radius 1 is 1.11 bits per heavy atom. The Hall–Kier alpha value is -3.38. The maximum Gasteiger partial charge on any atom is 0.255 e. The largest absolute Gasteiger partial charge is 0.413 e. The van der Waals surface area contributed by atoms with E-state index >= 15 is 0 Å². The number of benzene rings is 3. The molecule has 6 rings (SSSR count). The van der Waals surface area contributed by atoms with Gasteiger partial charge in [-0.15, -0.1) is 5.06 Å². The number of anilines is 1. The number of amides is 1. The van der Waals surface area contributed by atoms with Crippen LogP contribution in [0.5, 0.6) is 0 Å². The van der Waals surface area contributed by atoms with Crippen molar-refractivity contribution in [1.82, 2.24) is 5.06 Å². The summed E-state index contributed by atoms with van der Waals surface area (Å²) in [6, 6.07) is 13.9. The number of aliphatic hydroxyl groups is 1. The first-order valence-corrected chi connectivity index (χ1v) is 16.1. The highest BCUT2D eigenvalue weighted by Crippen LogP contribution is 2.60. The number of halogens is 4. The maximum absolute atomic E-state index is 14.4. The fraction of sp³-hybridized carbons (Fsp3) is 0.344. The lowest BCUT2D eigenvalue weighted by Crippen LogP contribution is -2.56. The Balaban J connectivity index is 1.31. The quantitative estimate of drug-likeness (QED) is 0.294. The average molecular weight is 647 g/mol. The Morgan fingerprint density at radius 3 is 2.48 bits per heavy atom. The van der Waals surface area contributed by atoms with Crippen LogP contribution in [-0.2, 0) is 21.2 Å². The van der Waals surface area contributed by atoms with Gasteiger partial charge < -0.3 is 15.3 Å². The fourth-order valence-electron chi connectivity index (χ4n) is 7.53. The molecule has 1 aliphatic heterocycles. The normalized spacial score (nSPS) is 28.2. The third-order valence-electron chi connectivity index (χ3n) is 9.12. The van der Waals surface area contributed by atoms with E-state index in [9.17, 15) is 31.5 Å². The molecule has 2 saturated carbocycles. The van der Waals surface area contributed by atoms with Crippen LogP contribution in [-0.4, -0.2) is 41.4 Å². The molecule has 1 amide bonds. The van der Waals surface area contributed by atoms with Gasteiger partial charge in [0.2, 0.25) is 0 Å². The van der Waals surface area contributed by atoms with E-state index in [2.05, 4.69) is 5.32 Å². The standard InChI is InChI=1S/C32H30ClF3N2O5S/c1-17-10-21-14-32(40,30-18(2)16-43-38(30)15-19-6-4-3-5-7-19)27(17)29(21)44(41,42)26-11-20(8-9-23(26)33)31(39)37-22-12-24(34)28(36)25(35)13-22/h3-9,11-13,16-17,21,27,29-30,40H,10,14-15H2,1-2H3,(H,37,39)/t17-,21?,27?,29+,30?,32+/m0/s1. The van der Waals surface area contributed by atoms with Crippen molar-refractivity contribution in [3.63, 3.8) is 0 Å². The molecule has 2 bridgehead atoms. The van der Waals surface area contributed by atoms with Gasteiger partial charge in [-0.05, 0) is 60.9 Å². The summed E-state index contributed by atoms with van der Waals surface area (Å²) in [7, 11) is -4.20. The van der Waals surface area contributed by atoms with E-state index in [1.165, 1.54) is 12.1 Å². The van der Waals surface area contributed by atoms with Crippen LogP contribution in [0.1, 0.15) is 42.6 Å². The molecular formula is C32H30ClF3N2O5S. The number of rotatable bonds is 7.